The highest BCUT2D eigenvalue weighted by Crippen LogP contribution is 2.27. The van der Waals surface area contributed by atoms with E-state index in [0.29, 0.717) is 6.04 Å². The summed E-state index contributed by atoms with van der Waals surface area (Å²) in [5, 5.41) is 3.44. The van der Waals surface area contributed by atoms with Gasteiger partial charge in [-0.2, -0.15) is 0 Å². The number of hydrogen-bond donors (Lipinski definition) is 1. The summed E-state index contributed by atoms with van der Waals surface area (Å²) in [5.74, 6) is 0. The second-order valence-corrected chi connectivity index (χ2v) is 5.43. The summed E-state index contributed by atoms with van der Waals surface area (Å²) in [6.07, 6.45) is 2.52. The first kappa shape index (κ1) is 13.6. The van der Waals surface area contributed by atoms with Gasteiger partial charge in [0.25, 0.3) is 0 Å². The molecule has 2 nitrogen and oxygen atoms in total. The number of benzene rings is 1. The van der Waals surface area contributed by atoms with Gasteiger partial charge in [0.2, 0.25) is 0 Å². The van der Waals surface area contributed by atoms with Crippen LogP contribution in [-0.4, -0.2) is 31.1 Å². The van der Waals surface area contributed by atoms with Crippen LogP contribution >= 0.6 is 0 Å². The molecule has 1 aromatic rings. The van der Waals surface area contributed by atoms with E-state index in [4.69, 9.17) is 0 Å². The Morgan fingerprint density at radius 2 is 1.89 bits per heavy atom. The van der Waals surface area contributed by atoms with Crippen LogP contribution in [0.15, 0.2) is 18.2 Å². The Hall–Kier alpha value is -0.860. The van der Waals surface area contributed by atoms with Gasteiger partial charge in [-0.05, 0) is 37.0 Å². The van der Waals surface area contributed by atoms with Crippen molar-refractivity contribution in [3.8, 4) is 0 Å². The molecule has 0 radical (unpaired) electrons. The van der Waals surface area contributed by atoms with Gasteiger partial charge in [-0.3, -0.25) is 4.90 Å². The molecule has 1 aromatic carbocycles. The van der Waals surface area contributed by atoms with Crippen molar-refractivity contribution in [3.63, 3.8) is 0 Å². The van der Waals surface area contributed by atoms with Crippen molar-refractivity contribution in [1.29, 1.82) is 0 Å². The van der Waals surface area contributed by atoms with E-state index in [1.165, 1.54) is 42.6 Å². The lowest BCUT2D eigenvalue weighted by Gasteiger charge is -2.35. The highest BCUT2D eigenvalue weighted by molar-refractivity contribution is 5.31. The molecule has 1 N–H and O–H groups in total. The minimum absolute atomic E-state index is 0.608. The molecule has 100 valence electrons. The number of aryl methyl sites for hydroxylation is 2. The minimum atomic E-state index is 0.608. The van der Waals surface area contributed by atoms with E-state index < -0.39 is 0 Å². The van der Waals surface area contributed by atoms with Crippen LogP contribution in [0.3, 0.4) is 0 Å². The number of nitrogens with one attached hydrogen (secondary N) is 1. The standard InChI is InChI=1S/C16H26N2/c1-4-5-16(18-10-8-17-9-11-18)15-7-6-13(2)14(3)12-15/h6-7,12,16-17H,4-5,8-11H2,1-3H3/t16-/m0/s1. The average Bonchev–Trinajstić information content (AvgIpc) is 2.40. The number of nitrogens with zero attached hydrogens (tertiary/aromatic N) is 1. The summed E-state index contributed by atoms with van der Waals surface area (Å²) in [6, 6.07) is 7.59. The summed E-state index contributed by atoms with van der Waals surface area (Å²) < 4.78 is 0. The fourth-order valence-corrected chi connectivity index (χ4v) is 2.80. The van der Waals surface area contributed by atoms with Crippen molar-refractivity contribution in [1.82, 2.24) is 10.2 Å². The third kappa shape index (κ3) is 3.12. The Morgan fingerprint density at radius 1 is 1.17 bits per heavy atom. The largest absolute Gasteiger partial charge is 0.314 e. The van der Waals surface area contributed by atoms with E-state index in [1.807, 2.05) is 0 Å². The molecule has 0 spiro atoms. The topological polar surface area (TPSA) is 15.3 Å². The lowest BCUT2D eigenvalue weighted by molar-refractivity contribution is 0.164. The third-order valence-corrected chi connectivity index (χ3v) is 4.07. The van der Waals surface area contributed by atoms with Crippen molar-refractivity contribution in [2.24, 2.45) is 0 Å². The quantitative estimate of drug-likeness (QED) is 0.878. The van der Waals surface area contributed by atoms with Crippen LogP contribution in [0.2, 0.25) is 0 Å². The van der Waals surface area contributed by atoms with E-state index in [2.05, 4.69) is 49.2 Å². The molecule has 1 saturated heterocycles. The first-order valence-corrected chi connectivity index (χ1v) is 7.24. The van der Waals surface area contributed by atoms with E-state index in [9.17, 15) is 0 Å². The first-order valence-electron chi connectivity index (χ1n) is 7.24. The number of piperazine rings is 1. The zero-order valence-corrected chi connectivity index (χ0v) is 12.0. The molecular weight excluding hydrogens is 220 g/mol. The predicted octanol–water partition coefficient (Wildman–Crippen LogP) is 3.05. The normalized spacial score (nSPS) is 18.8. The van der Waals surface area contributed by atoms with Crippen LogP contribution in [0.25, 0.3) is 0 Å². The maximum atomic E-state index is 3.44. The Labute approximate surface area is 111 Å². The Kier molecular flexibility index (Phi) is 4.79. The minimum Gasteiger partial charge on any atom is -0.314 e. The molecule has 0 aromatic heterocycles. The fraction of sp³-hybridized carbons (Fsp3) is 0.625. The molecule has 1 atom stereocenters. The molecule has 0 saturated carbocycles. The summed E-state index contributed by atoms with van der Waals surface area (Å²) in [6.45, 7) is 11.3. The molecule has 1 aliphatic heterocycles. The highest BCUT2D eigenvalue weighted by Gasteiger charge is 2.21. The van der Waals surface area contributed by atoms with E-state index in [-0.39, 0.29) is 0 Å². The van der Waals surface area contributed by atoms with Crippen molar-refractivity contribution in [2.75, 3.05) is 26.2 Å². The smallest absolute Gasteiger partial charge is 0.0349 e. The number of hydrogen-bond acceptors (Lipinski definition) is 2. The van der Waals surface area contributed by atoms with Gasteiger partial charge in [0.15, 0.2) is 0 Å². The van der Waals surface area contributed by atoms with Crippen LogP contribution in [0, 0.1) is 13.8 Å². The first-order chi connectivity index (χ1) is 8.72. The van der Waals surface area contributed by atoms with E-state index in [0.717, 1.165) is 13.1 Å². The third-order valence-electron chi connectivity index (χ3n) is 4.07. The van der Waals surface area contributed by atoms with Crippen LogP contribution in [0.4, 0.5) is 0 Å². The van der Waals surface area contributed by atoms with Gasteiger partial charge in [-0.1, -0.05) is 31.5 Å². The van der Waals surface area contributed by atoms with Gasteiger partial charge in [0.05, 0.1) is 0 Å². The molecule has 0 unspecified atom stereocenters. The van der Waals surface area contributed by atoms with Crippen LogP contribution < -0.4 is 5.32 Å². The molecule has 2 rings (SSSR count). The van der Waals surface area contributed by atoms with E-state index in [1.54, 1.807) is 0 Å². The average molecular weight is 246 g/mol. The molecule has 0 aliphatic carbocycles. The van der Waals surface area contributed by atoms with Crippen molar-refractivity contribution >= 4 is 0 Å². The molecule has 0 bridgehead atoms. The lowest BCUT2D eigenvalue weighted by Crippen LogP contribution is -2.45. The lowest BCUT2D eigenvalue weighted by atomic mass is 9.96. The van der Waals surface area contributed by atoms with Gasteiger partial charge in [0, 0.05) is 32.2 Å². The Bertz CT molecular complexity index is 381. The summed E-state index contributed by atoms with van der Waals surface area (Å²) in [4.78, 5) is 2.64. The van der Waals surface area contributed by atoms with Crippen molar-refractivity contribution in [2.45, 2.75) is 39.7 Å². The Morgan fingerprint density at radius 3 is 2.50 bits per heavy atom. The monoisotopic (exact) mass is 246 g/mol. The second-order valence-electron chi connectivity index (χ2n) is 5.43. The van der Waals surface area contributed by atoms with Gasteiger partial charge in [-0.25, -0.2) is 0 Å². The maximum absolute atomic E-state index is 3.44. The van der Waals surface area contributed by atoms with Gasteiger partial charge in [0.1, 0.15) is 0 Å². The zero-order valence-electron chi connectivity index (χ0n) is 12.0. The zero-order chi connectivity index (χ0) is 13.0. The second kappa shape index (κ2) is 6.35. The van der Waals surface area contributed by atoms with Crippen LogP contribution in [-0.2, 0) is 0 Å². The van der Waals surface area contributed by atoms with Gasteiger partial charge in [-0.15, -0.1) is 0 Å². The molecule has 1 aliphatic rings. The molecule has 1 fully saturated rings. The van der Waals surface area contributed by atoms with E-state index >= 15 is 0 Å². The Balaban J connectivity index is 2.19. The van der Waals surface area contributed by atoms with Gasteiger partial charge >= 0.3 is 0 Å². The molecule has 18 heavy (non-hydrogen) atoms. The number of rotatable bonds is 4. The predicted molar refractivity (Wildman–Crippen MR) is 78.0 cm³/mol. The van der Waals surface area contributed by atoms with Crippen LogP contribution in [0.5, 0.6) is 0 Å². The SMILES string of the molecule is CCC[C@@H](c1ccc(C)c(C)c1)N1CCNCC1. The van der Waals surface area contributed by atoms with Crippen molar-refractivity contribution < 1.29 is 0 Å². The molecule has 2 heteroatoms. The highest BCUT2D eigenvalue weighted by atomic mass is 15.2. The summed E-state index contributed by atoms with van der Waals surface area (Å²) in [7, 11) is 0. The summed E-state index contributed by atoms with van der Waals surface area (Å²) >= 11 is 0. The van der Waals surface area contributed by atoms with Gasteiger partial charge < -0.3 is 5.32 Å². The molecule has 0 amide bonds. The molecular formula is C16H26N2. The molecule has 1 heterocycles. The maximum Gasteiger partial charge on any atom is 0.0349 e. The van der Waals surface area contributed by atoms with Crippen molar-refractivity contribution in [3.05, 3.63) is 34.9 Å². The summed E-state index contributed by atoms with van der Waals surface area (Å²) in [5.41, 5.74) is 4.32. The fourth-order valence-electron chi connectivity index (χ4n) is 2.80. The van der Waals surface area contributed by atoms with Crippen LogP contribution in [0.1, 0.15) is 42.5 Å².